The van der Waals surface area contributed by atoms with Crippen LogP contribution in [-0.4, -0.2) is 99.6 Å². The summed E-state index contributed by atoms with van der Waals surface area (Å²) < 4.78 is 17.6. The van der Waals surface area contributed by atoms with Gasteiger partial charge in [0, 0.05) is 6.42 Å². The summed E-state index contributed by atoms with van der Waals surface area (Å²) >= 11 is 0. The minimum absolute atomic E-state index is 0.109. The normalized spacial score (nSPS) is 19.4. The van der Waals surface area contributed by atoms with Crippen molar-refractivity contribution in [3.63, 3.8) is 0 Å². The highest BCUT2D eigenvalue weighted by molar-refractivity contribution is 5.80. The lowest BCUT2D eigenvalue weighted by Crippen LogP contribution is -2.61. The molecule has 8 atom stereocenters. The Morgan fingerprint density at radius 3 is 1.47 bits per heavy atom. The summed E-state index contributed by atoms with van der Waals surface area (Å²) in [7, 11) is 0. The summed E-state index contributed by atoms with van der Waals surface area (Å²) in [5, 5.41) is 56.9. The van der Waals surface area contributed by atoms with E-state index in [2.05, 4.69) is 80.8 Å². The lowest BCUT2D eigenvalue weighted by atomic mass is 9.99. The zero-order chi connectivity index (χ0) is 58.9. The molecule has 1 amide bonds. The molecule has 8 unspecified atom stereocenters. The summed E-state index contributed by atoms with van der Waals surface area (Å²) in [6, 6.07) is -1.05. The Bertz CT molecular complexity index is 1730. The smallest absolute Gasteiger partial charge is 0.306 e. The predicted molar refractivity (Wildman–Crippen MR) is 338 cm³/mol. The third-order valence-electron chi connectivity index (χ3n) is 14.8. The van der Waals surface area contributed by atoms with Gasteiger partial charge in [0.15, 0.2) is 12.4 Å². The lowest BCUT2D eigenvalue weighted by molar-refractivity contribution is -0.305. The van der Waals surface area contributed by atoms with E-state index < -0.39 is 67.4 Å². The van der Waals surface area contributed by atoms with Gasteiger partial charge in [0.25, 0.3) is 0 Å². The Balaban J connectivity index is 2.59. The number of aliphatic hydroxyl groups excluding tert-OH is 5. The van der Waals surface area contributed by atoms with Crippen LogP contribution in [0.1, 0.15) is 258 Å². The van der Waals surface area contributed by atoms with Crippen LogP contribution in [0.3, 0.4) is 0 Å². The molecule has 464 valence electrons. The molecule has 0 aromatic heterocycles. The fourth-order valence-corrected chi connectivity index (χ4v) is 9.59. The molecule has 1 rings (SSSR count). The molecule has 81 heavy (non-hydrogen) atoms. The summed E-state index contributed by atoms with van der Waals surface area (Å²) in [5.41, 5.74) is 0. The molecular formula is C70H119NO10. The van der Waals surface area contributed by atoms with E-state index in [0.29, 0.717) is 12.8 Å². The van der Waals surface area contributed by atoms with Crippen LogP contribution in [0.2, 0.25) is 0 Å². The molecule has 6 N–H and O–H groups in total. The van der Waals surface area contributed by atoms with E-state index in [0.717, 1.165) is 96.3 Å². The third-order valence-corrected chi connectivity index (χ3v) is 14.8. The quantitative estimate of drug-likeness (QED) is 0.0149. The highest BCUT2D eigenvalue weighted by Crippen LogP contribution is 2.26. The van der Waals surface area contributed by atoms with E-state index in [1.165, 1.54) is 116 Å². The van der Waals surface area contributed by atoms with E-state index in [-0.39, 0.29) is 19.4 Å². The number of ether oxygens (including phenoxy) is 3. The fourth-order valence-electron chi connectivity index (χ4n) is 9.59. The first-order valence-electron chi connectivity index (χ1n) is 32.7. The van der Waals surface area contributed by atoms with Crippen molar-refractivity contribution in [3.05, 3.63) is 109 Å². The molecule has 11 heteroatoms. The number of hydrogen-bond donors (Lipinski definition) is 6. The van der Waals surface area contributed by atoms with Gasteiger partial charge >= 0.3 is 5.97 Å². The number of allylic oxidation sites excluding steroid dienone is 17. The van der Waals surface area contributed by atoms with Gasteiger partial charge in [-0.15, -0.1) is 0 Å². The van der Waals surface area contributed by atoms with Crippen molar-refractivity contribution in [2.75, 3.05) is 13.2 Å². The van der Waals surface area contributed by atoms with Crippen LogP contribution in [0.5, 0.6) is 0 Å². The Morgan fingerprint density at radius 2 is 0.938 bits per heavy atom. The average molecular weight is 1130 g/mol. The second kappa shape index (κ2) is 56.8. The molecule has 0 bridgehead atoms. The van der Waals surface area contributed by atoms with Crippen molar-refractivity contribution in [1.29, 1.82) is 0 Å². The van der Waals surface area contributed by atoms with Crippen LogP contribution < -0.4 is 5.32 Å². The van der Waals surface area contributed by atoms with Gasteiger partial charge in [-0.25, -0.2) is 0 Å². The predicted octanol–water partition coefficient (Wildman–Crippen LogP) is 16.1. The van der Waals surface area contributed by atoms with Crippen LogP contribution >= 0.6 is 0 Å². The van der Waals surface area contributed by atoms with Crippen molar-refractivity contribution in [1.82, 2.24) is 5.32 Å². The van der Waals surface area contributed by atoms with Gasteiger partial charge in [-0.05, 0) is 89.9 Å². The molecule has 0 saturated carbocycles. The molecule has 0 aromatic rings. The molecule has 1 aliphatic rings. The first kappa shape index (κ1) is 75.3. The van der Waals surface area contributed by atoms with Gasteiger partial charge < -0.3 is 45.1 Å². The second-order valence-electron chi connectivity index (χ2n) is 22.2. The number of amides is 1. The summed E-state index contributed by atoms with van der Waals surface area (Å²) in [6.45, 7) is 5.59. The van der Waals surface area contributed by atoms with Crippen LogP contribution in [0, 0.1) is 0 Å². The Labute approximate surface area is 494 Å². The molecule has 0 aliphatic carbocycles. The Morgan fingerprint density at radius 1 is 0.506 bits per heavy atom. The second-order valence-corrected chi connectivity index (χ2v) is 22.2. The highest BCUT2D eigenvalue weighted by Gasteiger charge is 2.47. The SMILES string of the molecule is CC/C=C/C=C/C=C\C=C/CCCCC(O)C(=O)NC(COC1OC(CO)C(O)C(O)C1OC(=O)CCCCCCCCCCCCC/C=C\C/C=C\C/C=C\C/C=C\CCCCC)C(O)/C=C/CCCCCCCCCCCCC. The fraction of sp³-hybridized carbons (Fsp3) is 0.714. The molecule has 1 heterocycles. The molecule has 11 nitrogen and oxygen atoms in total. The zero-order valence-corrected chi connectivity index (χ0v) is 51.4. The summed E-state index contributed by atoms with van der Waals surface area (Å²) in [4.78, 5) is 26.5. The van der Waals surface area contributed by atoms with Crippen LogP contribution in [0.25, 0.3) is 0 Å². The van der Waals surface area contributed by atoms with Gasteiger partial charge in [0.1, 0.15) is 24.4 Å². The molecule has 0 aromatic carbocycles. The van der Waals surface area contributed by atoms with Crippen LogP contribution in [-0.2, 0) is 23.8 Å². The maximum atomic E-state index is 13.4. The van der Waals surface area contributed by atoms with E-state index >= 15 is 0 Å². The maximum Gasteiger partial charge on any atom is 0.306 e. The first-order chi connectivity index (χ1) is 39.7. The van der Waals surface area contributed by atoms with E-state index in [4.69, 9.17) is 14.2 Å². The third kappa shape index (κ3) is 44.5. The van der Waals surface area contributed by atoms with Crippen molar-refractivity contribution < 1.29 is 49.3 Å². The van der Waals surface area contributed by atoms with Gasteiger partial charge in [-0.2, -0.15) is 0 Å². The minimum Gasteiger partial charge on any atom is -0.454 e. The number of hydrogen-bond acceptors (Lipinski definition) is 10. The monoisotopic (exact) mass is 1130 g/mol. The van der Waals surface area contributed by atoms with Gasteiger partial charge in [0.2, 0.25) is 5.91 Å². The van der Waals surface area contributed by atoms with Crippen molar-refractivity contribution in [2.24, 2.45) is 0 Å². The van der Waals surface area contributed by atoms with Gasteiger partial charge in [0.05, 0.1) is 25.4 Å². The van der Waals surface area contributed by atoms with Crippen molar-refractivity contribution in [3.8, 4) is 0 Å². The molecule has 1 aliphatic heterocycles. The van der Waals surface area contributed by atoms with Crippen molar-refractivity contribution >= 4 is 11.9 Å². The molecular weight excluding hydrogens is 1010 g/mol. The first-order valence-corrected chi connectivity index (χ1v) is 32.7. The largest absolute Gasteiger partial charge is 0.454 e. The number of carbonyl (C=O) groups excluding carboxylic acids is 2. The molecule has 1 fully saturated rings. The highest BCUT2D eigenvalue weighted by atomic mass is 16.7. The molecule has 0 radical (unpaired) electrons. The summed E-state index contributed by atoms with van der Waals surface area (Å²) in [6.07, 6.45) is 67.1. The number of unbranched alkanes of at least 4 members (excludes halogenated alkanes) is 27. The van der Waals surface area contributed by atoms with E-state index in [9.17, 15) is 35.1 Å². The Hall–Kier alpha value is -3.68. The Kier molecular flexibility index (Phi) is 52.8. The number of rotatable bonds is 54. The number of nitrogens with one attached hydrogen (secondary N) is 1. The van der Waals surface area contributed by atoms with Crippen LogP contribution in [0.15, 0.2) is 109 Å². The number of carbonyl (C=O) groups is 2. The zero-order valence-electron chi connectivity index (χ0n) is 51.4. The maximum absolute atomic E-state index is 13.4. The van der Waals surface area contributed by atoms with Crippen molar-refractivity contribution in [2.45, 2.75) is 307 Å². The van der Waals surface area contributed by atoms with E-state index in [1.54, 1.807) is 6.08 Å². The standard InChI is InChI=1S/C70H119NO10/c1-4-7-10-13-16-19-22-25-26-27-28-29-30-31-32-33-34-35-36-37-38-40-43-46-49-52-55-58-65(75)81-68-67(77)66(76)64(59-72)80-70(68)79-60-61(62(73)56-53-50-47-44-42-39-23-20-17-14-11-8-5-2)71-69(78)63(74)57-54-51-48-45-41-24-21-18-15-12-9-6-3/h9,12,15-16,18-19,21,24-26,28-29,31-32,41,45,53,56,61-64,66-68,70,72-74,76-77H,4-8,10-11,13-14,17,20,22-23,27,30,33-40,42-44,46-52,54-55,57-60H2,1-3H3,(H,71,78)/b12-9+,18-15+,19-16-,24-21-,26-25-,29-28-,32-31-,45-41-,56-53+. The van der Waals surface area contributed by atoms with Crippen LogP contribution in [0.4, 0.5) is 0 Å². The topological polar surface area (TPSA) is 175 Å². The summed E-state index contributed by atoms with van der Waals surface area (Å²) in [5.74, 6) is -1.24. The lowest BCUT2D eigenvalue weighted by Gasteiger charge is -2.41. The average Bonchev–Trinajstić information content (AvgIpc) is 3.50. The van der Waals surface area contributed by atoms with Gasteiger partial charge in [-0.1, -0.05) is 271 Å². The number of esters is 1. The van der Waals surface area contributed by atoms with Gasteiger partial charge in [-0.3, -0.25) is 9.59 Å². The molecule has 0 spiro atoms. The number of aliphatic hydroxyl groups is 5. The van der Waals surface area contributed by atoms with E-state index in [1.807, 2.05) is 48.6 Å². The minimum atomic E-state index is -1.63. The molecule has 1 saturated heterocycles.